The molecule has 0 aromatic heterocycles. The van der Waals surface area contributed by atoms with Gasteiger partial charge in [0.1, 0.15) is 0 Å². The summed E-state index contributed by atoms with van der Waals surface area (Å²) in [4.78, 5) is 14.1. The van der Waals surface area contributed by atoms with E-state index in [0.29, 0.717) is 6.04 Å². The van der Waals surface area contributed by atoms with Gasteiger partial charge in [0.2, 0.25) is 5.91 Å². The van der Waals surface area contributed by atoms with Crippen LogP contribution in [0.2, 0.25) is 0 Å². The highest BCUT2D eigenvalue weighted by Crippen LogP contribution is 2.21. The molecule has 1 saturated carbocycles. The summed E-state index contributed by atoms with van der Waals surface area (Å²) in [6, 6.07) is 0.845. The standard InChI is InChI=1S/C14H28N2O2/c1-10(2)13(17)9-14(18)15-11-6-5-7-12(8-11)16(3)4/h10-13,17H,5-9H2,1-4H3,(H,15,18). The van der Waals surface area contributed by atoms with E-state index in [9.17, 15) is 9.90 Å². The van der Waals surface area contributed by atoms with Crippen molar-refractivity contribution in [2.24, 2.45) is 5.92 Å². The van der Waals surface area contributed by atoms with E-state index in [0.717, 1.165) is 12.8 Å². The lowest BCUT2D eigenvalue weighted by Gasteiger charge is -2.34. The van der Waals surface area contributed by atoms with Gasteiger partial charge in [-0.3, -0.25) is 4.79 Å². The molecule has 0 radical (unpaired) electrons. The van der Waals surface area contributed by atoms with E-state index in [4.69, 9.17) is 0 Å². The van der Waals surface area contributed by atoms with Gasteiger partial charge in [-0.2, -0.15) is 0 Å². The van der Waals surface area contributed by atoms with E-state index in [1.165, 1.54) is 12.8 Å². The Morgan fingerprint density at radius 2 is 2.06 bits per heavy atom. The predicted molar refractivity (Wildman–Crippen MR) is 73.3 cm³/mol. The summed E-state index contributed by atoms with van der Waals surface area (Å²) in [6.45, 7) is 3.86. The Balaban J connectivity index is 2.35. The van der Waals surface area contributed by atoms with E-state index in [-0.39, 0.29) is 24.3 Å². The van der Waals surface area contributed by atoms with Crippen molar-refractivity contribution in [1.82, 2.24) is 10.2 Å². The number of aliphatic hydroxyl groups is 1. The number of carbonyl (C=O) groups is 1. The van der Waals surface area contributed by atoms with Crippen LogP contribution in [-0.4, -0.2) is 48.2 Å². The van der Waals surface area contributed by atoms with Crippen molar-refractivity contribution in [3.05, 3.63) is 0 Å². The lowest BCUT2D eigenvalue weighted by Crippen LogP contribution is -2.44. The minimum Gasteiger partial charge on any atom is -0.392 e. The normalized spacial score (nSPS) is 26.4. The first kappa shape index (κ1) is 15.4. The first-order valence-corrected chi connectivity index (χ1v) is 7.04. The second-order valence-corrected chi connectivity index (χ2v) is 6.06. The van der Waals surface area contributed by atoms with Crippen LogP contribution in [-0.2, 0) is 4.79 Å². The summed E-state index contributed by atoms with van der Waals surface area (Å²) in [5.41, 5.74) is 0. The van der Waals surface area contributed by atoms with Crippen LogP contribution in [0.3, 0.4) is 0 Å². The van der Waals surface area contributed by atoms with Gasteiger partial charge < -0.3 is 15.3 Å². The van der Waals surface area contributed by atoms with Gasteiger partial charge in [-0.15, -0.1) is 0 Å². The Hall–Kier alpha value is -0.610. The number of rotatable bonds is 5. The maximum Gasteiger partial charge on any atom is 0.222 e. The Kier molecular flexibility index (Phi) is 6.09. The molecule has 0 saturated heterocycles. The third kappa shape index (κ3) is 4.94. The maximum atomic E-state index is 11.8. The zero-order valence-corrected chi connectivity index (χ0v) is 12.1. The third-order valence-corrected chi connectivity index (χ3v) is 3.91. The van der Waals surface area contributed by atoms with Crippen LogP contribution < -0.4 is 5.32 Å². The van der Waals surface area contributed by atoms with E-state index >= 15 is 0 Å². The minimum absolute atomic E-state index is 0.0133. The molecule has 106 valence electrons. The lowest BCUT2D eigenvalue weighted by molar-refractivity contribution is -0.124. The van der Waals surface area contributed by atoms with Crippen molar-refractivity contribution in [2.45, 2.75) is 64.1 Å². The first-order valence-electron chi connectivity index (χ1n) is 7.04. The Bertz CT molecular complexity index is 267. The molecule has 1 amide bonds. The molecule has 0 aromatic carbocycles. The Labute approximate surface area is 111 Å². The lowest BCUT2D eigenvalue weighted by atomic mass is 9.90. The highest BCUT2D eigenvalue weighted by molar-refractivity contribution is 5.76. The fourth-order valence-corrected chi connectivity index (χ4v) is 2.48. The number of amides is 1. The van der Waals surface area contributed by atoms with E-state index < -0.39 is 6.10 Å². The summed E-state index contributed by atoms with van der Waals surface area (Å²) in [7, 11) is 4.19. The van der Waals surface area contributed by atoms with Gasteiger partial charge in [-0.1, -0.05) is 13.8 Å². The summed E-state index contributed by atoms with van der Waals surface area (Å²) < 4.78 is 0. The molecular formula is C14H28N2O2. The van der Waals surface area contributed by atoms with Crippen molar-refractivity contribution in [3.8, 4) is 0 Å². The summed E-state index contributed by atoms with van der Waals surface area (Å²) >= 11 is 0. The fourth-order valence-electron chi connectivity index (χ4n) is 2.48. The van der Waals surface area contributed by atoms with Crippen LogP contribution in [0, 0.1) is 5.92 Å². The van der Waals surface area contributed by atoms with E-state index in [1.54, 1.807) is 0 Å². The molecule has 18 heavy (non-hydrogen) atoms. The van der Waals surface area contributed by atoms with Crippen molar-refractivity contribution in [1.29, 1.82) is 0 Å². The third-order valence-electron chi connectivity index (χ3n) is 3.91. The summed E-state index contributed by atoms with van der Waals surface area (Å²) in [5.74, 6) is 0.122. The molecule has 1 fully saturated rings. The Morgan fingerprint density at radius 3 is 2.61 bits per heavy atom. The van der Waals surface area contributed by atoms with E-state index in [1.807, 2.05) is 13.8 Å². The molecule has 1 rings (SSSR count). The molecule has 2 N–H and O–H groups in total. The molecule has 3 unspecified atom stereocenters. The monoisotopic (exact) mass is 256 g/mol. The molecule has 3 atom stereocenters. The van der Waals surface area contributed by atoms with Gasteiger partial charge in [-0.05, 0) is 45.7 Å². The van der Waals surface area contributed by atoms with Crippen LogP contribution in [0.1, 0.15) is 46.0 Å². The van der Waals surface area contributed by atoms with Crippen LogP contribution in [0.15, 0.2) is 0 Å². The molecule has 0 aliphatic heterocycles. The number of hydrogen-bond acceptors (Lipinski definition) is 3. The SMILES string of the molecule is CC(C)C(O)CC(=O)NC1CCCC(N(C)C)C1. The maximum absolute atomic E-state index is 11.8. The van der Waals surface area contributed by atoms with Gasteiger partial charge in [0, 0.05) is 12.1 Å². The van der Waals surface area contributed by atoms with Gasteiger partial charge in [-0.25, -0.2) is 0 Å². The Morgan fingerprint density at radius 1 is 1.39 bits per heavy atom. The molecule has 0 spiro atoms. The average Bonchev–Trinajstić information content (AvgIpc) is 2.28. The number of hydrogen-bond donors (Lipinski definition) is 2. The molecule has 0 heterocycles. The van der Waals surface area contributed by atoms with Crippen molar-refractivity contribution < 1.29 is 9.90 Å². The minimum atomic E-state index is -0.529. The zero-order valence-electron chi connectivity index (χ0n) is 12.1. The van der Waals surface area contributed by atoms with Gasteiger partial charge in [0.25, 0.3) is 0 Å². The molecule has 1 aliphatic rings. The fraction of sp³-hybridized carbons (Fsp3) is 0.929. The second kappa shape index (κ2) is 7.10. The quantitative estimate of drug-likeness (QED) is 0.781. The predicted octanol–water partition coefficient (Wildman–Crippen LogP) is 1.38. The number of carbonyl (C=O) groups excluding carboxylic acids is 1. The molecular weight excluding hydrogens is 228 g/mol. The van der Waals surface area contributed by atoms with Crippen LogP contribution in [0.5, 0.6) is 0 Å². The van der Waals surface area contributed by atoms with Crippen LogP contribution >= 0.6 is 0 Å². The van der Waals surface area contributed by atoms with E-state index in [2.05, 4.69) is 24.3 Å². The molecule has 0 bridgehead atoms. The van der Waals surface area contributed by atoms with Crippen molar-refractivity contribution in [3.63, 3.8) is 0 Å². The van der Waals surface area contributed by atoms with Crippen molar-refractivity contribution in [2.75, 3.05) is 14.1 Å². The number of nitrogens with zero attached hydrogens (tertiary/aromatic N) is 1. The second-order valence-electron chi connectivity index (χ2n) is 6.06. The number of nitrogens with one attached hydrogen (secondary N) is 1. The molecule has 4 heteroatoms. The highest BCUT2D eigenvalue weighted by Gasteiger charge is 2.25. The highest BCUT2D eigenvalue weighted by atomic mass is 16.3. The smallest absolute Gasteiger partial charge is 0.222 e. The van der Waals surface area contributed by atoms with Crippen LogP contribution in [0.25, 0.3) is 0 Å². The largest absolute Gasteiger partial charge is 0.392 e. The summed E-state index contributed by atoms with van der Waals surface area (Å²) in [6.07, 6.45) is 4.16. The van der Waals surface area contributed by atoms with Gasteiger partial charge in [0.15, 0.2) is 0 Å². The summed E-state index contributed by atoms with van der Waals surface area (Å²) in [5, 5.41) is 12.8. The number of aliphatic hydroxyl groups excluding tert-OH is 1. The molecule has 0 aromatic rings. The molecule has 4 nitrogen and oxygen atoms in total. The average molecular weight is 256 g/mol. The van der Waals surface area contributed by atoms with Crippen molar-refractivity contribution >= 4 is 5.91 Å². The topological polar surface area (TPSA) is 52.6 Å². The zero-order chi connectivity index (χ0) is 13.7. The van der Waals surface area contributed by atoms with Gasteiger partial charge in [0.05, 0.1) is 12.5 Å². The van der Waals surface area contributed by atoms with Crippen LogP contribution in [0.4, 0.5) is 0 Å². The first-order chi connectivity index (χ1) is 8.40. The van der Waals surface area contributed by atoms with Gasteiger partial charge >= 0.3 is 0 Å². The molecule has 1 aliphatic carbocycles.